The summed E-state index contributed by atoms with van der Waals surface area (Å²) in [5.41, 5.74) is 0. The number of nitrogens with zero attached hydrogens (tertiary/aromatic N) is 2. The highest BCUT2D eigenvalue weighted by atomic mass is 16.5. The highest BCUT2D eigenvalue weighted by molar-refractivity contribution is 5.69. The summed E-state index contributed by atoms with van der Waals surface area (Å²) in [6.07, 6.45) is 38.7. The number of hydrogen-bond acceptors (Lipinski definition) is 7. The lowest BCUT2D eigenvalue weighted by molar-refractivity contribution is -0.145. The van der Waals surface area contributed by atoms with Gasteiger partial charge in [0.15, 0.2) is 0 Å². The fourth-order valence-electron chi connectivity index (χ4n) is 8.14. The Morgan fingerprint density at radius 1 is 0.397 bits per heavy atom. The van der Waals surface area contributed by atoms with E-state index < -0.39 is 0 Å². The van der Waals surface area contributed by atoms with Crippen LogP contribution in [0.15, 0.2) is 0 Å². The first-order valence-electron chi connectivity index (χ1n) is 25.5. The number of unbranched alkanes of at least 4 members (excludes halogenated alkanes) is 16. The van der Waals surface area contributed by atoms with E-state index in [1.165, 1.54) is 141 Å². The minimum Gasteiger partial charge on any atom is -0.466 e. The molecule has 0 spiro atoms. The molecule has 0 heterocycles. The van der Waals surface area contributed by atoms with Crippen molar-refractivity contribution >= 4 is 11.9 Å². The summed E-state index contributed by atoms with van der Waals surface area (Å²) in [5.74, 6) is 1.42. The molecule has 0 aromatic carbocycles. The number of esters is 2. The summed E-state index contributed by atoms with van der Waals surface area (Å²) in [7, 11) is 6.47. The van der Waals surface area contributed by atoms with Gasteiger partial charge < -0.3 is 24.0 Å². The summed E-state index contributed by atoms with van der Waals surface area (Å²) in [6, 6.07) is 0. The molecule has 7 nitrogen and oxygen atoms in total. The van der Waals surface area contributed by atoms with E-state index in [1.807, 2.05) is 0 Å². The number of carbonyl (C=O) groups is 2. The molecule has 0 N–H and O–H groups in total. The van der Waals surface area contributed by atoms with Crippen LogP contribution in [0.2, 0.25) is 0 Å². The Balaban J connectivity index is 4.39. The molecular weight excluding hydrogens is 721 g/mol. The second kappa shape index (κ2) is 43.9. The van der Waals surface area contributed by atoms with Gasteiger partial charge in [-0.1, -0.05) is 182 Å². The van der Waals surface area contributed by atoms with Crippen LogP contribution in [0, 0.1) is 11.8 Å². The van der Waals surface area contributed by atoms with Crippen molar-refractivity contribution in [3.8, 4) is 0 Å². The fraction of sp³-hybridized carbons (Fsp3) is 0.961. The Morgan fingerprint density at radius 3 is 1.17 bits per heavy atom. The quantitative estimate of drug-likeness (QED) is 0.0447. The van der Waals surface area contributed by atoms with Gasteiger partial charge in [0.1, 0.15) is 0 Å². The van der Waals surface area contributed by atoms with E-state index in [2.05, 4.69) is 58.6 Å². The molecule has 58 heavy (non-hydrogen) atoms. The lowest BCUT2D eigenvalue weighted by Gasteiger charge is -2.21. The Morgan fingerprint density at radius 2 is 0.776 bits per heavy atom. The molecule has 0 aromatic rings. The Bertz CT molecular complexity index is 794. The summed E-state index contributed by atoms with van der Waals surface area (Å²) >= 11 is 0. The molecule has 0 amide bonds. The molecule has 0 aromatic heterocycles. The average Bonchev–Trinajstić information content (AvgIpc) is 3.20. The molecule has 0 aliphatic heterocycles. The van der Waals surface area contributed by atoms with Crippen molar-refractivity contribution in [3.63, 3.8) is 0 Å². The van der Waals surface area contributed by atoms with Crippen molar-refractivity contribution in [2.75, 3.05) is 60.6 Å². The molecular formula is C51H102N2O5. The predicted octanol–water partition coefficient (Wildman–Crippen LogP) is 14.1. The van der Waals surface area contributed by atoms with Crippen LogP contribution in [0.5, 0.6) is 0 Å². The number of carbonyl (C=O) groups excluding carboxylic acids is 2. The summed E-state index contributed by atoms with van der Waals surface area (Å²) in [6.45, 7) is 14.3. The number of hydrogen-bond donors (Lipinski definition) is 0. The van der Waals surface area contributed by atoms with Crippen LogP contribution in [0.4, 0.5) is 0 Å². The maximum atomic E-state index is 12.4. The topological polar surface area (TPSA) is 68.3 Å². The molecule has 0 aliphatic rings. The van der Waals surface area contributed by atoms with Gasteiger partial charge in [-0.2, -0.15) is 0 Å². The second-order valence-corrected chi connectivity index (χ2v) is 18.3. The molecule has 346 valence electrons. The normalized spacial score (nSPS) is 11.9. The molecule has 0 bridgehead atoms. The van der Waals surface area contributed by atoms with Crippen LogP contribution in [0.3, 0.4) is 0 Å². The van der Waals surface area contributed by atoms with Gasteiger partial charge in [0, 0.05) is 39.1 Å². The third-order valence-corrected chi connectivity index (χ3v) is 12.2. The van der Waals surface area contributed by atoms with Crippen molar-refractivity contribution in [3.05, 3.63) is 0 Å². The van der Waals surface area contributed by atoms with E-state index in [4.69, 9.17) is 14.2 Å². The van der Waals surface area contributed by atoms with E-state index >= 15 is 0 Å². The van der Waals surface area contributed by atoms with Crippen LogP contribution in [-0.2, 0) is 23.8 Å². The van der Waals surface area contributed by atoms with Gasteiger partial charge in [0.2, 0.25) is 0 Å². The maximum Gasteiger partial charge on any atom is 0.305 e. The standard InChI is InChI=1S/C51H102N2O5/c1-8-12-22-31-47(32-23-13-9-2)39-45-57-50(54)37-28-20-16-18-26-35-49(56-44-30-41-53(7)43-42-52(5)6)36-27-19-17-21-29-38-51(55)58-46-40-48(33-24-14-10-3)34-25-15-11-4/h47-49H,8-46H2,1-7H3. The molecule has 0 rings (SSSR count). The first-order valence-corrected chi connectivity index (χ1v) is 25.5. The van der Waals surface area contributed by atoms with Crippen molar-refractivity contribution in [1.82, 2.24) is 9.80 Å². The maximum absolute atomic E-state index is 12.4. The van der Waals surface area contributed by atoms with E-state index in [0.717, 1.165) is 84.0 Å². The van der Waals surface area contributed by atoms with Crippen LogP contribution < -0.4 is 0 Å². The van der Waals surface area contributed by atoms with E-state index in [0.29, 0.717) is 44.0 Å². The molecule has 7 heteroatoms. The summed E-state index contributed by atoms with van der Waals surface area (Å²) in [5, 5.41) is 0. The lowest BCUT2D eigenvalue weighted by Crippen LogP contribution is -2.30. The number of rotatable bonds is 46. The Labute approximate surface area is 362 Å². The van der Waals surface area contributed by atoms with Gasteiger partial charge in [0.25, 0.3) is 0 Å². The van der Waals surface area contributed by atoms with E-state index in [9.17, 15) is 9.59 Å². The molecule has 0 saturated heterocycles. The van der Waals surface area contributed by atoms with Crippen molar-refractivity contribution < 1.29 is 23.8 Å². The smallest absolute Gasteiger partial charge is 0.305 e. The molecule has 0 atom stereocenters. The van der Waals surface area contributed by atoms with E-state index in [1.54, 1.807) is 0 Å². The lowest BCUT2D eigenvalue weighted by atomic mass is 9.92. The Kier molecular flexibility index (Phi) is 43.0. The zero-order valence-electron chi connectivity index (χ0n) is 40.2. The summed E-state index contributed by atoms with van der Waals surface area (Å²) < 4.78 is 17.8. The van der Waals surface area contributed by atoms with Gasteiger partial charge in [-0.15, -0.1) is 0 Å². The number of likely N-dealkylation sites (N-methyl/N-ethyl adjacent to an activating group) is 2. The van der Waals surface area contributed by atoms with Crippen LogP contribution in [0.1, 0.15) is 240 Å². The highest BCUT2D eigenvalue weighted by Gasteiger charge is 2.13. The summed E-state index contributed by atoms with van der Waals surface area (Å²) in [4.78, 5) is 29.5. The van der Waals surface area contributed by atoms with Crippen LogP contribution in [0.25, 0.3) is 0 Å². The fourth-order valence-corrected chi connectivity index (χ4v) is 8.14. The molecule has 0 unspecified atom stereocenters. The SMILES string of the molecule is CCCCCC(CCCCC)CCOC(=O)CCCCCCCC(CCCCCCCC(=O)OCCC(CCCCC)CCCCC)OCCCN(C)CCN(C)C. The van der Waals surface area contributed by atoms with Crippen LogP contribution >= 0.6 is 0 Å². The van der Waals surface area contributed by atoms with Crippen molar-refractivity contribution in [2.24, 2.45) is 11.8 Å². The third-order valence-electron chi connectivity index (χ3n) is 12.2. The second-order valence-electron chi connectivity index (χ2n) is 18.3. The molecule has 0 aliphatic carbocycles. The zero-order valence-corrected chi connectivity index (χ0v) is 40.2. The minimum atomic E-state index is -0.00342. The van der Waals surface area contributed by atoms with Gasteiger partial charge in [-0.3, -0.25) is 9.59 Å². The first-order chi connectivity index (χ1) is 28.2. The van der Waals surface area contributed by atoms with Crippen molar-refractivity contribution in [2.45, 2.75) is 246 Å². The van der Waals surface area contributed by atoms with E-state index in [-0.39, 0.29) is 11.9 Å². The Hall–Kier alpha value is -1.18. The zero-order chi connectivity index (χ0) is 42.7. The van der Waals surface area contributed by atoms with Crippen molar-refractivity contribution in [1.29, 1.82) is 0 Å². The van der Waals surface area contributed by atoms with Gasteiger partial charge >= 0.3 is 11.9 Å². The van der Waals surface area contributed by atoms with Gasteiger partial charge in [-0.25, -0.2) is 0 Å². The largest absolute Gasteiger partial charge is 0.466 e. The minimum absolute atomic E-state index is 0.00342. The van der Waals surface area contributed by atoms with Gasteiger partial charge in [0.05, 0.1) is 19.3 Å². The van der Waals surface area contributed by atoms with Gasteiger partial charge in [-0.05, 0) is 77.9 Å². The monoisotopic (exact) mass is 823 g/mol. The van der Waals surface area contributed by atoms with Crippen LogP contribution in [-0.4, -0.2) is 88.4 Å². The molecule has 0 radical (unpaired) electrons. The number of ether oxygens (including phenoxy) is 3. The average molecular weight is 823 g/mol. The molecule has 0 fully saturated rings. The highest BCUT2D eigenvalue weighted by Crippen LogP contribution is 2.23. The first kappa shape index (κ1) is 56.8. The predicted molar refractivity (Wildman–Crippen MR) is 250 cm³/mol. The third kappa shape index (κ3) is 40.2. The molecule has 0 saturated carbocycles.